The van der Waals surface area contributed by atoms with Gasteiger partial charge >= 0.3 is 0 Å². The van der Waals surface area contributed by atoms with Crippen LogP contribution >= 0.6 is 0 Å². The molecule has 5 nitrogen and oxygen atoms in total. The van der Waals surface area contributed by atoms with Crippen LogP contribution in [0.4, 0.5) is 5.82 Å². The lowest BCUT2D eigenvalue weighted by atomic mass is 9.79. The fraction of sp³-hybridized carbons (Fsp3) is 0.577. The van der Waals surface area contributed by atoms with Crippen molar-refractivity contribution in [1.82, 2.24) is 15.1 Å². The number of rotatable bonds is 6. The largest absolute Gasteiger partial charge is 0.352 e. The van der Waals surface area contributed by atoms with E-state index in [1.165, 1.54) is 37.7 Å². The molecule has 4 rings (SSSR count). The van der Waals surface area contributed by atoms with E-state index < -0.39 is 0 Å². The maximum atomic E-state index is 13.0. The summed E-state index contributed by atoms with van der Waals surface area (Å²) in [4.78, 5) is 17.4. The minimum atomic E-state index is 0.248. The van der Waals surface area contributed by atoms with Crippen molar-refractivity contribution in [2.75, 3.05) is 31.1 Å². The van der Waals surface area contributed by atoms with E-state index in [1.54, 1.807) is 0 Å². The van der Waals surface area contributed by atoms with Crippen LogP contribution in [0.1, 0.15) is 57.4 Å². The van der Waals surface area contributed by atoms with Crippen LogP contribution in [0.2, 0.25) is 0 Å². The van der Waals surface area contributed by atoms with Crippen molar-refractivity contribution in [2.24, 2.45) is 11.8 Å². The summed E-state index contributed by atoms with van der Waals surface area (Å²) in [6, 6.07) is 12.5. The molecule has 2 aliphatic rings. The fourth-order valence-electron chi connectivity index (χ4n) is 4.98. The minimum Gasteiger partial charge on any atom is -0.352 e. The second-order valence-electron chi connectivity index (χ2n) is 9.32. The van der Waals surface area contributed by atoms with Crippen LogP contribution in [-0.4, -0.2) is 47.2 Å². The van der Waals surface area contributed by atoms with Crippen molar-refractivity contribution in [2.45, 2.75) is 58.8 Å². The highest BCUT2D eigenvalue weighted by molar-refractivity contribution is 5.79. The van der Waals surface area contributed by atoms with E-state index in [-0.39, 0.29) is 5.92 Å². The number of carbonyl (C=O) groups is 1. The van der Waals surface area contributed by atoms with Gasteiger partial charge in [0.25, 0.3) is 0 Å². The van der Waals surface area contributed by atoms with E-state index in [0.29, 0.717) is 5.91 Å². The van der Waals surface area contributed by atoms with Crippen LogP contribution < -0.4 is 4.90 Å². The highest BCUT2D eigenvalue weighted by Crippen LogP contribution is 2.33. The lowest BCUT2D eigenvalue weighted by Gasteiger charge is -2.38. The number of benzene rings is 1. The Hall–Kier alpha value is -2.43. The van der Waals surface area contributed by atoms with E-state index in [0.717, 1.165) is 62.0 Å². The van der Waals surface area contributed by atoms with Gasteiger partial charge in [0.15, 0.2) is 5.82 Å². The number of piperazine rings is 1. The molecule has 2 aromatic rings. The zero-order valence-corrected chi connectivity index (χ0v) is 19.1. The van der Waals surface area contributed by atoms with Gasteiger partial charge in [0.05, 0.1) is 5.69 Å². The summed E-state index contributed by atoms with van der Waals surface area (Å²) in [5.74, 6) is 2.38. The molecule has 0 atom stereocenters. The van der Waals surface area contributed by atoms with Crippen LogP contribution in [0.15, 0.2) is 36.4 Å². The number of aromatic nitrogens is 2. The van der Waals surface area contributed by atoms with Gasteiger partial charge in [-0.3, -0.25) is 4.79 Å². The van der Waals surface area contributed by atoms with Crippen LogP contribution in [0, 0.1) is 18.8 Å². The Labute approximate surface area is 186 Å². The molecule has 1 saturated carbocycles. The molecule has 0 N–H and O–H groups in total. The van der Waals surface area contributed by atoms with E-state index in [2.05, 4.69) is 64.2 Å². The molecule has 1 amide bonds. The third kappa shape index (κ3) is 5.44. The number of anilines is 1. The maximum absolute atomic E-state index is 13.0. The number of nitrogens with zero attached hydrogens (tertiary/aromatic N) is 4. The normalized spacial score (nSPS) is 21.9. The Bertz CT molecular complexity index is 833. The molecule has 5 heteroatoms. The first-order valence-corrected chi connectivity index (χ1v) is 12.1. The van der Waals surface area contributed by atoms with E-state index in [1.807, 2.05) is 6.07 Å². The monoisotopic (exact) mass is 420 g/mol. The topological polar surface area (TPSA) is 49.3 Å². The second-order valence-corrected chi connectivity index (χ2v) is 9.32. The zero-order valence-electron chi connectivity index (χ0n) is 19.1. The van der Waals surface area contributed by atoms with Gasteiger partial charge in [-0.15, -0.1) is 10.2 Å². The molecule has 0 unspecified atom stereocenters. The smallest absolute Gasteiger partial charge is 0.225 e. The quantitative estimate of drug-likeness (QED) is 0.653. The molecule has 1 aromatic heterocycles. The standard InChI is InChI=1S/C26H36N4O/c1-3-4-5-21-8-12-23(13-9-21)26(31)30-18-16-29(17-19-30)25-15-14-24(27-28-25)22-10-6-20(2)7-11-22/h6-7,10-11,14-15,21,23H,3-5,8-9,12-13,16-19H2,1-2H3. The van der Waals surface area contributed by atoms with E-state index in [4.69, 9.17) is 0 Å². The van der Waals surface area contributed by atoms with Crippen LogP contribution in [0.5, 0.6) is 0 Å². The zero-order chi connectivity index (χ0) is 21.6. The molecule has 1 aliphatic carbocycles. The molecule has 0 bridgehead atoms. The lowest BCUT2D eigenvalue weighted by Crippen LogP contribution is -2.51. The van der Waals surface area contributed by atoms with E-state index in [9.17, 15) is 4.79 Å². The Balaban J connectivity index is 1.27. The van der Waals surface area contributed by atoms with Gasteiger partial charge < -0.3 is 9.80 Å². The first kappa shape index (κ1) is 21.8. The fourth-order valence-corrected chi connectivity index (χ4v) is 4.98. The molecule has 2 heterocycles. The van der Waals surface area contributed by atoms with Crippen molar-refractivity contribution < 1.29 is 4.79 Å². The van der Waals surface area contributed by atoms with Gasteiger partial charge in [-0.05, 0) is 50.7 Å². The number of amides is 1. The third-order valence-electron chi connectivity index (χ3n) is 7.08. The summed E-state index contributed by atoms with van der Waals surface area (Å²) < 4.78 is 0. The van der Waals surface area contributed by atoms with Crippen LogP contribution in [0.3, 0.4) is 0 Å². The Morgan fingerprint density at radius 1 is 0.935 bits per heavy atom. The summed E-state index contributed by atoms with van der Waals surface area (Å²) in [5.41, 5.74) is 3.22. The van der Waals surface area contributed by atoms with Gasteiger partial charge in [-0.2, -0.15) is 0 Å². The van der Waals surface area contributed by atoms with E-state index >= 15 is 0 Å². The molecule has 0 radical (unpaired) electrons. The molecule has 0 spiro atoms. The predicted molar refractivity (Wildman–Crippen MR) is 126 cm³/mol. The SMILES string of the molecule is CCCCC1CCC(C(=O)N2CCN(c3ccc(-c4ccc(C)cc4)nn3)CC2)CC1. The first-order valence-electron chi connectivity index (χ1n) is 12.1. The average Bonchev–Trinajstić information content (AvgIpc) is 2.83. The molecule has 1 aliphatic heterocycles. The summed E-state index contributed by atoms with van der Waals surface area (Å²) >= 11 is 0. The summed E-state index contributed by atoms with van der Waals surface area (Å²) in [7, 11) is 0. The van der Waals surface area contributed by atoms with Crippen molar-refractivity contribution >= 4 is 11.7 Å². The maximum Gasteiger partial charge on any atom is 0.225 e. The lowest BCUT2D eigenvalue weighted by molar-refractivity contribution is -0.137. The molecule has 31 heavy (non-hydrogen) atoms. The summed E-state index contributed by atoms with van der Waals surface area (Å²) in [6.45, 7) is 7.58. The highest BCUT2D eigenvalue weighted by Gasteiger charge is 2.31. The van der Waals surface area contributed by atoms with Crippen LogP contribution in [-0.2, 0) is 4.79 Å². The number of hydrogen-bond acceptors (Lipinski definition) is 4. The predicted octanol–water partition coefficient (Wildman–Crippen LogP) is 5.10. The van der Waals surface area contributed by atoms with Crippen molar-refractivity contribution in [1.29, 1.82) is 0 Å². The Morgan fingerprint density at radius 2 is 1.65 bits per heavy atom. The summed E-state index contributed by atoms with van der Waals surface area (Å²) in [6.07, 6.45) is 8.60. The molecule has 166 valence electrons. The van der Waals surface area contributed by atoms with Crippen molar-refractivity contribution in [3.8, 4) is 11.3 Å². The molecule has 1 saturated heterocycles. The summed E-state index contributed by atoms with van der Waals surface area (Å²) in [5, 5.41) is 8.90. The van der Waals surface area contributed by atoms with Gasteiger partial charge in [-0.1, -0.05) is 56.0 Å². The highest BCUT2D eigenvalue weighted by atomic mass is 16.2. The van der Waals surface area contributed by atoms with Gasteiger partial charge in [0, 0.05) is 37.7 Å². The molecular formula is C26H36N4O. The van der Waals surface area contributed by atoms with Gasteiger partial charge in [0.1, 0.15) is 0 Å². The number of hydrogen-bond donors (Lipinski definition) is 0. The molecule has 2 fully saturated rings. The molecular weight excluding hydrogens is 384 g/mol. The Kier molecular flexibility index (Phi) is 7.21. The Morgan fingerprint density at radius 3 is 2.26 bits per heavy atom. The molecule has 1 aromatic carbocycles. The van der Waals surface area contributed by atoms with Gasteiger partial charge in [0.2, 0.25) is 5.91 Å². The van der Waals surface area contributed by atoms with Gasteiger partial charge in [-0.25, -0.2) is 0 Å². The average molecular weight is 421 g/mol. The first-order chi connectivity index (χ1) is 15.1. The second kappa shape index (κ2) is 10.3. The van der Waals surface area contributed by atoms with Crippen molar-refractivity contribution in [3.63, 3.8) is 0 Å². The third-order valence-corrected chi connectivity index (χ3v) is 7.08. The minimum absolute atomic E-state index is 0.248. The number of aryl methyl sites for hydroxylation is 1. The number of carbonyl (C=O) groups excluding carboxylic acids is 1. The van der Waals surface area contributed by atoms with Crippen molar-refractivity contribution in [3.05, 3.63) is 42.0 Å². The number of unbranched alkanes of at least 4 members (excludes halogenated alkanes) is 1. The van der Waals surface area contributed by atoms with Crippen LogP contribution in [0.25, 0.3) is 11.3 Å².